The molecule has 94 valence electrons. The average Bonchev–Trinajstić information content (AvgIpc) is 2.64. The van der Waals surface area contributed by atoms with Crippen molar-refractivity contribution in [2.75, 3.05) is 0 Å². The van der Waals surface area contributed by atoms with Gasteiger partial charge in [0.25, 0.3) is 0 Å². The molecule has 1 saturated carbocycles. The molecule has 1 aromatic heterocycles. The molecule has 3 rings (SSSR count). The van der Waals surface area contributed by atoms with Crippen LogP contribution < -0.4 is 0 Å². The second-order valence-corrected chi connectivity index (χ2v) is 6.72. The summed E-state index contributed by atoms with van der Waals surface area (Å²) in [6, 6.07) is 0. The Bertz CT molecular complexity index is 437. The van der Waals surface area contributed by atoms with Crippen molar-refractivity contribution >= 4 is 0 Å². The third-order valence-corrected chi connectivity index (χ3v) is 5.03. The molecule has 3 nitrogen and oxygen atoms in total. The van der Waals surface area contributed by atoms with Crippen LogP contribution in [0.1, 0.15) is 51.4 Å². The van der Waals surface area contributed by atoms with Crippen molar-refractivity contribution in [2.24, 2.45) is 11.3 Å². The number of aliphatic hydroxyl groups is 1. The molecule has 0 radical (unpaired) electrons. The molecule has 0 saturated heterocycles. The van der Waals surface area contributed by atoms with E-state index in [0.717, 1.165) is 31.4 Å². The van der Waals surface area contributed by atoms with Crippen LogP contribution in [-0.2, 0) is 11.8 Å². The van der Waals surface area contributed by atoms with E-state index in [1.165, 1.54) is 5.56 Å². The molecule has 3 heteroatoms. The lowest BCUT2D eigenvalue weighted by atomic mass is 9.51. The topological polar surface area (TPSA) is 46.3 Å². The van der Waals surface area contributed by atoms with Gasteiger partial charge in [-0.25, -0.2) is 0 Å². The summed E-state index contributed by atoms with van der Waals surface area (Å²) in [6.07, 6.45) is 5.65. The highest BCUT2D eigenvalue weighted by molar-refractivity contribution is 5.30. The van der Waals surface area contributed by atoms with Crippen LogP contribution in [0.5, 0.6) is 0 Å². The molecular formula is C14H21NO2. The number of hydrogen-bond acceptors (Lipinski definition) is 3. The Labute approximate surface area is 102 Å². The van der Waals surface area contributed by atoms with E-state index < -0.39 is 0 Å². The van der Waals surface area contributed by atoms with Crippen LogP contribution in [0.4, 0.5) is 0 Å². The van der Waals surface area contributed by atoms with Crippen molar-refractivity contribution < 1.29 is 9.63 Å². The molecule has 17 heavy (non-hydrogen) atoms. The summed E-state index contributed by atoms with van der Waals surface area (Å²) in [5.41, 5.74) is 1.47. The van der Waals surface area contributed by atoms with Crippen LogP contribution in [0.3, 0.4) is 0 Å². The van der Waals surface area contributed by atoms with Crippen molar-refractivity contribution in [3.8, 4) is 0 Å². The Morgan fingerprint density at radius 1 is 1.35 bits per heavy atom. The Morgan fingerprint density at radius 3 is 2.88 bits per heavy atom. The maximum atomic E-state index is 9.94. The molecule has 1 aromatic rings. The minimum Gasteiger partial charge on any atom is -0.393 e. The zero-order chi connectivity index (χ0) is 12.3. The number of aliphatic hydroxyl groups excluding tert-OH is 1. The van der Waals surface area contributed by atoms with Crippen LogP contribution in [0.15, 0.2) is 10.7 Å². The second-order valence-electron chi connectivity index (χ2n) is 6.72. The molecule has 3 atom stereocenters. The second kappa shape index (κ2) is 3.35. The van der Waals surface area contributed by atoms with Gasteiger partial charge in [-0.15, -0.1) is 0 Å². The van der Waals surface area contributed by atoms with Crippen molar-refractivity contribution in [3.05, 3.63) is 17.5 Å². The number of rotatable bonds is 0. The lowest BCUT2D eigenvalue weighted by molar-refractivity contribution is -0.0323. The van der Waals surface area contributed by atoms with Crippen molar-refractivity contribution in [3.63, 3.8) is 0 Å². The Kier molecular flexibility index (Phi) is 2.22. The molecule has 0 unspecified atom stereocenters. The molecule has 0 aromatic carbocycles. The van der Waals surface area contributed by atoms with E-state index in [0.29, 0.717) is 5.92 Å². The number of aromatic nitrogens is 1. The molecule has 0 bridgehead atoms. The van der Waals surface area contributed by atoms with Gasteiger partial charge in [0.1, 0.15) is 5.76 Å². The number of fused-ring (bicyclic) bond motifs is 2. The first-order valence-corrected chi connectivity index (χ1v) is 6.55. The minimum absolute atomic E-state index is 0.0406. The third-order valence-electron chi connectivity index (χ3n) is 5.03. The van der Waals surface area contributed by atoms with E-state index in [2.05, 4.69) is 25.9 Å². The minimum atomic E-state index is -0.131. The molecular weight excluding hydrogens is 214 g/mol. The smallest absolute Gasteiger partial charge is 0.145 e. The van der Waals surface area contributed by atoms with E-state index in [1.54, 1.807) is 0 Å². The quantitative estimate of drug-likeness (QED) is 0.752. The summed E-state index contributed by atoms with van der Waals surface area (Å²) >= 11 is 0. The van der Waals surface area contributed by atoms with Gasteiger partial charge < -0.3 is 9.63 Å². The highest BCUT2D eigenvalue weighted by Crippen LogP contribution is 2.56. The van der Waals surface area contributed by atoms with Gasteiger partial charge in [0, 0.05) is 11.0 Å². The lowest BCUT2D eigenvalue weighted by Gasteiger charge is -2.53. The first kappa shape index (κ1) is 11.3. The van der Waals surface area contributed by atoms with Gasteiger partial charge >= 0.3 is 0 Å². The molecule has 2 aliphatic rings. The molecule has 1 fully saturated rings. The number of hydrogen-bond donors (Lipinski definition) is 1. The fraction of sp³-hybridized carbons (Fsp3) is 0.786. The summed E-state index contributed by atoms with van der Waals surface area (Å²) in [5, 5.41) is 13.9. The maximum Gasteiger partial charge on any atom is 0.145 e. The van der Waals surface area contributed by atoms with Crippen molar-refractivity contribution in [1.82, 2.24) is 5.16 Å². The largest absolute Gasteiger partial charge is 0.393 e. The predicted molar refractivity (Wildman–Crippen MR) is 64.7 cm³/mol. The van der Waals surface area contributed by atoms with Gasteiger partial charge in [0.05, 0.1) is 12.3 Å². The monoisotopic (exact) mass is 235 g/mol. The van der Waals surface area contributed by atoms with E-state index in [1.807, 2.05) is 6.20 Å². The van der Waals surface area contributed by atoms with Crippen molar-refractivity contribution in [1.29, 1.82) is 0 Å². The SMILES string of the molecule is CC1(C)c2oncc2C[C@]2(C)C[C@H](O)CC[C@@H]12. The lowest BCUT2D eigenvalue weighted by Crippen LogP contribution is -2.50. The molecule has 0 aliphatic heterocycles. The van der Waals surface area contributed by atoms with Gasteiger partial charge in [-0.05, 0) is 37.0 Å². The van der Waals surface area contributed by atoms with Gasteiger partial charge in [0.2, 0.25) is 0 Å². The van der Waals surface area contributed by atoms with Gasteiger partial charge in [-0.3, -0.25) is 0 Å². The summed E-state index contributed by atoms with van der Waals surface area (Å²) in [6.45, 7) is 6.84. The van der Waals surface area contributed by atoms with Crippen molar-refractivity contribution in [2.45, 2.75) is 58.0 Å². The van der Waals surface area contributed by atoms with E-state index in [4.69, 9.17) is 4.52 Å². The van der Waals surface area contributed by atoms with E-state index >= 15 is 0 Å². The third kappa shape index (κ3) is 1.48. The van der Waals surface area contributed by atoms with Gasteiger partial charge in [-0.1, -0.05) is 25.9 Å². The van der Waals surface area contributed by atoms with E-state index in [9.17, 15) is 5.11 Å². The van der Waals surface area contributed by atoms with Crippen LogP contribution in [0.25, 0.3) is 0 Å². The first-order valence-electron chi connectivity index (χ1n) is 6.55. The van der Waals surface area contributed by atoms with E-state index in [-0.39, 0.29) is 16.9 Å². The summed E-state index contributed by atoms with van der Waals surface area (Å²) in [7, 11) is 0. The normalized spacial score (nSPS) is 39.5. The van der Waals surface area contributed by atoms with Crippen LogP contribution in [-0.4, -0.2) is 16.4 Å². The van der Waals surface area contributed by atoms with Crippen LogP contribution >= 0.6 is 0 Å². The summed E-state index contributed by atoms with van der Waals surface area (Å²) in [4.78, 5) is 0. The average molecular weight is 235 g/mol. The molecule has 1 N–H and O–H groups in total. The number of nitrogens with zero attached hydrogens (tertiary/aromatic N) is 1. The molecule has 0 amide bonds. The maximum absolute atomic E-state index is 9.94. The first-order chi connectivity index (χ1) is 7.93. The molecule has 1 heterocycles. The van der Waals surface area contributed by atoms with Crippen LogP contribution in [0, 0.1) is 11.3 Å². The molecule has 0 spiro atoms. The molecule has 2 aliphatic carbocycles. The fourth-order valence-electron chi connectivity index (χ4n) is 4.43. The van der Waals surface area contributed by atoms with Gasteiger partial charge in [-0.2, -0.15) is 0 Å². The summed E-state index contributed by atoms with van der Waals surface area (Å²) < 4.78 is 5.48. The summed E-state index contributed by atoms with van der Waals surface area (Å²) in [5.74, 6) is 1.65. The Morgan fingerprint density at radius 2 is 2.12 bits per heavy atom. The highest BCUT2D eigenvalue weighted by atomic mass is 16.5. The fourth-order valence-corrected chi connectivity index (χ4v) is 4.43. The standard InChI is InChI=1S/C14H21NO2/c1-13(2)11-5-4-10(16)7-14(11,3)6-9-8-15-17-12(9)13/h8,10-11,16H,4-7H2,1-3H3/t10-,11+,14-/m1/s1. The van der Waals surface area contributed by atoms with Gasteiger partial charge in [0.15, 0.2) is 0 Å². The van der Waals surface area contributed by atoms with Crippen LogP contribution in [0.2, 0.25) is 0 Å². The zero-order valence-corrected chi connectivity index (χ0v) is 10.9. The Balaban J connectivity index is 2.08. The zero-order valence-electron chi connectivity index (χ0n) is 10.9. The highest BCUT2D eigenvalue weighted by Gasteiger charge is 2.53. The predicted octanol–water partition coefficient (Wildman–Crippen LogP) is 2.68. The Hall–Kier alpha value is -0.830.